The van der Waals surface area contributed by atoms with Gasteiger partial charge in [0, 0.05) is 41.1 Å². The summed E-state index contributed by atoms with van der Waals surface area (Å²) >= 11 is 0. The maximum absolute atomic E-state index is 13.8. The Morgan fingerprint density at radius 3 is 2.44 bits per heavy atom. The molecular weight excluding hydrogens is 437 g/mol. The fraction of sp³-hybridized carbons (Fsp3) is 0.444. The minimum atomic E-state index is -4.48. The van der Waals surface area contributed by atoms with Crippen molar-refractivity contribution in [2.45, 2.75) is 64.6 Å². The number of likely N-dealkylation sites (tertiary alicyclic amines) is 1. The zero-order valence-electron chi connectivity index (χ0n) is 20.1. The molecule has 4 heterocycles. The number of imidazole rings is 1. The van der Waals surface area contributed by atoms with Gasteiger partial charge in [-0.1, -0.05) is 19.9 Å². The van der Waals surface area contributed by atoms with Crippen LogP contribution in [0.15, 0.2) is 42.9 Å². The number of fused-ring (bicyclic) bond motifs is 2. The predicted octanol–water partition coefficient (Wildman–Crippen LogP) is 7.21. The van der Waals surface area contributed by atoms with Crippen molar-refractivity contribution in [3.05, 3.63) is 59.5 Å². The highest BCUT2D eigenvalue weighted by Gasteiger charge is 2.35. The van der Waals surface area contributed by atoms with E-state index in [-0.39, 0.29) is 11.6 Å². The van der Waals surface area contributed by atoms with E-state index in [4.69, 9.17) is 0 Å². The molecule has 1 N–H and O–H groups in total. The molecule has 0 atom stereocenters. The molecule has 1 saturated heterocycles. The van der Waals surface area contributed by atoms with E-state index in [2.05, 4.69) is 60.8 Å². The first-order valence-electron chi connectivity index (χ1n) is 12.1. The Morgan fingerprint density at radius 2 is 1.79 bits per heavy atom. The molecule has 3 aromatic heterocycles. The minimum absolute atomic E-state index is 0.0755. The van der Waals surface area contributed by atoms with E-state index in [1.165, 1.54) is 22.2 Å². The van der Waals surface area contributed by atoms with Crippen molar-refractivity contribution in [1.82, 2.24) is 19.3 Å². The molecular formula is C27H31F3N4. The molecule has 7 heteroatoms. The monoisotopic (exact) mass is 468 g/mol. The topological polar surface area (TPSA) is 36.3 Å². The molecule has 0 unspecified atom stereocenters. The van der Waals surface area contributed by atoms with Crippen molar-refractivity contribution >= 4 is 16.6 Å². The number of rotatable bonds is 4. The summed E-state index contributed by atoms with van der Waals surface area (Å²) in [6, 6.07) is 8.33. The van der Waals surface area contributed by atoms with Gasteiger partial charge in [0.1, 0.15) is 5.65 Å². The van der Waals surface area contributed by atoms with Gasteiger partial charge in [0.2, 0.25) is 0 Å². The van der Waals surface area contributed by atoms with Gasteiger partial charge in [0.05, 0.1) is 11.3 Å². The molecule has 34 heavy (non-hydrogen) atoms. The number of benzene rings is 1. The number of pyridine rings is 1. The van der Waals surface area contributed by atoms with Gasteiger partial charge >= 0.3 is 6.18 Å². The Hall–Kier alpha value is -2.80. The molecule has 0 amide bonds. The second kappa shape index (κ2) is 8.45. The Kier molecular flexibility index (Phi) is 5.71. The molecule has 1 aliphatic heterocycles. The van der Waals surface area contributed by atoms with Crippen LogP contribution in [-0.4, -0.2) is 38.4 Å². The zero-order valence-corrected chi connectivity index (χ0v) is 20.1. The van der Waals surface area contributed by atoms with E-state index in [9.17, 15) is 13.2 Å². The van der Waals surface area contributed by atoms with Gasteiger partial charge < -0.3 is 14.3 Å². The summed E-state index contributed by atoms with van der Waals surface area (Å²) in [6.45, 7) is 10.9. The van der Waals surface area contributed by atoms with Gasteiger partial charge in [-0.3, -0.25) is 0 Å². The van der Waals surface area contributed by atoms with Crippen molar-refractivity contribution in [1.29, 1.82) is 0 Å². The highest BCUT2D eigenvalue weighted by atomic mass is 19.4. The molecule has 0 spiro atoms. The summed E-state index contributed by atoms with van der Waals surface area (Å²) < 4.78 is 42.9. The van der Waals surface area contributed by atoms with Gasteiger partial charge in [-0.25, -0.2) is 4.98 Å². The van der Waals surface area contributed by atoms with Crippen LogP contribution >= 0.6 is 0 Å². The van der Waals surface area contributed by atoms with E-state index >= 15 is 0 Å². The quantitative estimate of drug-likeness (QED) is 0.343. The third-order valence-electron chi connectivity index (χ3n) is 7.25. The maximum atomic E-state index is 13.8. The second-order valence-electron chi connectivity index (χ2n) is 10.1. The first kappa shape index (κ1) is 23.0. The highest BCUT2D eigenvalue weighted by Crippen LogP contribution is 2.40. The molecule has 0 aliphatic carbocycles. The molecule has 4 nitrogen and oxygen atoms in total. The lowest BCUT2D eigenvalue weighted by Gasteiger charge is -2.34. The van der Waals surface area contributed by atoms with Crippen LogP contribution in [0.25, 0.3) is 27.8 Å². The number of nitrogens with one attached hydrogen (secondary N) is 1. The molecule has 0 bridgehead atoms. The van der Waals surface area contributed by atoms with Crippen molar-refractivity contribution in [2.75, 3.05) is 13.1 Å². The van der Waals surface area contributed by atoms with Gasteiger partial charge in [-0.15, -0.1) is 0 Å². The Morgan fingerprint density at radius 1 is 1.06 bits per heavy atom. The van der Waals surface area contributed by atoms with Gasteiger partial charge in [-0.05, 0) is 80.9 Å². The first-order valence-corrected chi connectivity index (χ1v) is 12.1. The van der Waals surface area contributed by atoms with E-state index in [0.717, 1.165) is 48.1 Å². The molecule has 0 radical (unpaired) electrons. The van der Waals surface area contributed by atoms with Crippen molar-refractivity contribution in [3.63, 3.8) is 0 Å². The van der Waals surface area contributed by atoms with Gasteiger partial charge in [-0.2, -0.15) is 13.2 Å². The summed E-state index contributed by atoms with van der Waals surface area (Å²) in [7, 11) is 0. The lowest BCUT2D eigenvalue weighted by Crippen LogP contribution is -2.37. The average Bonchev–Trinajstić information content (AvgIpc) is 3.41. The number of nitrogens with zero attached hydrogens (tertiary/aromatic N) is 3. The Bertz CT molecular complexity index is 1320. The molecule has 4 aromatic rings. The zero-order chi connectivity index (χ0) is 24.2. The Balaban J connectivity index is 1.60. The lowest BCUT2D eigenvalue weighted by atomic mass is 9.87. The van der Waals surface area contributed by atoms with Crippen molar-refractivity contribution in [2.24, 2.45) is 0 Å². The summed E-state index contributed by atoms with van der Waals surface area (Å²) in [4.78, 5) is 9.89. The number of piperidine rings is 1. The molecule has 1 fully saturated rings. The van der Waals surface area contributed by atoms with Crippen LogP contribution in [0.4, 0.5) is 13.2 Å². The van der Waals surface area contributed by atoms with E-state index < -0.39 is 11.7 Å². The van der Waals surface area contributed by atoms with Crippen LogP contribution in [0.2, 0.25) is 0 Å². The smallest absolute Gasteiger partial charge is 0.354 e. The third-order valence-corrected chi connectivity index (χ3v) is 7.25. The van der Waals surface area contributed by atoms with Crippen LogP contribution in [0.5, 0.6) is 0 Å². The standard InChI is InChI=1S/C27H31F3N4/c1-16(2)24-21-13-19(18-7-10-33(11-8-18)17(3)4)5-6-23(21)32-25(24)20-14-22(27(28,29)30)26-31-9-12-34(26)15-20/h5-6,9,12-18,32H,7-8,10-11H2,1-4H3. The number of aromatic amines is 1. The normalized spacial score (nSPS) is 16.5. The van der Waals surface area contributed by atoms with Gasteiger partial charge in [0.15, 0.2) is 0 Å². The summed E-state index contributed by atoms with van der Waals surface area (Å²) in [5.41, 5.74) is 3.81. The van der Waals surface area contributed by atoms with Crippen LogP contribution in [0.3, 0.4) is 0 Å². The SMILES string of the molecule is CC(C)c1c(-c2cc(C(F)(F)F)c3nccn3c2)[nH]c2ccc(C3CCN(C(C)C)CC3)cc12. The van der Waals surface area contributed by atoms with Crippen LogP contribution < -0.4 is 0 Å². The number of H-pyrrole nitrogens is 1. The predicted molar refractivity (Wildman–Crippen MR) is 130 cm³/mol. The van der Waals surface area contributed by atoms with Crippen LogP contribution in [0.1, 0.15) is 69.1 Å². The largest absolute Gasteiger partial charge is 0.420 e. The van der Waals surface area contributed by atoms with E-state index in [1.807, 2.05) is 0 Å². The molecule has 5 rings (SSSR count). The molecule has 0 saturated carbocycles. The van der Waals surface area contributed by atoms with Crippen LogP contribution in [-0.2, 0) is 6.18 Å². The number of hydrogen-bond acceptors (Lipinski definition) is 2. The summed E-state index contributed by atoms with van der Waals surface area (Å²) in [6.07, 6.45) is 2.48. The fourth-order valence-electron chi connectivity index (χ4n) is 5.44. The molecule has 1 aromatic carbocycles. The Labute approximate surface area is 197 Å². The fourth-order valence-corrected chi connectivity index (χ4v) is 5.44. The molecule has 180 valence electrons. The second-order valence-corrected chi connectivity index (χ2v) is 10.1. The molecule has 1 aliphatic rings. The van der Waals surface area contributed by atoms with E-state index in [1.54, 1.807) is 12.4 Å². The van der Waals surface area contributed by atoms with E-state index in [0.29, 0.717) is 17.5 Å². The third kappa shape index (κ3) is 4.00. The first-order chi connectivity index (χ1) is 16.1. The maximum Gasteiger partial charge on any atom is 0.420 e. The lowest BCUT2D eigenvalue weighted by molar-refractivity contribution is -0.136. The summed E-state index contributed by atoms with van der Waals surface area (Å²) in [5, 5.41) is 1.10. The minimum Gasteiger partial charge on any atom is -0.354 e. The number of hydrogen-bond donors (Lipinski definition) is 1. The number of aromatic nitrogens is 3. The number of halogens is 3. The summed E-state index contributed by atoms with van der Waals surface area (Å²) in [5.74, 6) is 0.659. The average molecular weight is 469 g/mol. The van der Waals surface area contributed by atoms with Crippen molar-refractivity contribution in [3.8, 4) is 11.3 Å². The van der Waals surface area contributed by atoms with Crippen LogP contribution in [0, 0.1) is 0 Å². The number of alkyl halides is 3. The van der Waals surface area contributed by atoms with Gasteiger partial charge in [0.25, 0.3) is 0 Å². The highest BCUT2D eigenvalue weighted by molar-refractivity contribution is 5.92. The van der Waals surface area contributed by atoms with Crippen molar-refractivity contribution < 1.29 is 13.2 Å².